The van der Waals surface area contributed by atoms with Crippen molar-refractivity contribution in [1.82, 2.24) is 10.2 Å². The molecule has 0 amide bonds. The molecule has 0 heterocycles. The SMILES string of the molecule is CNCCN(C)CC(O)COCCOC. The fraction of sp³-hybridized carbons (Fsp3) is 1.00. The summed E-state index contributed by atoms with van der Waals surface area (Å²) in [5.74, 6) is 0. The molecule has 1 atom stereocenters. The Hall–Kier alpha value is -0.200. The molecule has 0 saturated carbocycles. The van der Waals surface area contributed by atoms with Gasteiger partial charge >= 0.3 is 0 Å². The molecular formula is C10H24N2O3. The Morgan fingerprint density at radius 3 is 2.73 bits per heavy atom. The zero-order valence-corrected chi connectivity index (χ0v) is 10.0. The molecular weight excluding hydrogens is 196 g/mol. The van der Waals surface area contributed by atoms with E-state index in [9.17, 15) is 5.11 Å². The highest BCUT2D eigenvalue weighted by Gasteiger charge is 2.07. The van der Waals surface area contributed by atoms with Crippen molar-refractivity contribution in [2.45, 2.75) is 6.10 Å². The normalized spacial score (nSPS) is 13.4. The second kappa shape index (κ2) is 10.3. The Kier molecular flexibility index (Phi) is 10.2. The van der Waals surface area contributed by atoms with Gasteiger partial charge in [-0.3, -0.25) is 0 Å². The van der Waals surface area contributed by atoms with Crippen molar-refractivity contribution >= 4 is 0 Å². The molecule has 0 aromatic carbocycles. The van der Waals surface area contributed by atoms with Crippen LogP contribution < -0.4 is 5.32 Å². The average Bonchev–Trinajstić information content (AvgIpc) is 2.21. The quantitative estimate of drug-likeness (QED) is 0.470. The summed E-state index contributed by atoms with van der Waals surface area (Å²) >= 11 is 0. The molecule has 0 saturated heterocycles. The highest BCUT2D eigenvalue weighted by atomic mass is 16.5. The maximum Gasteiger partial charge on any atom is 0.0900 e. The second-order valence-corrected chi connectivity index (χ2v) is 3.59. The van der Waals surface area contributed by atoms with Gasteiger partial charge in [-0.05, 0) is 14.1 Å². The number of aliphatic hydroxyl groups is 1. The van der Waals surface area contributed by atoms with Crippen molar-refractivity contribution in [2.75, 3.05) is 60.7 Å². The largest absolute Gasteiger partial charge is 0.389 e. The number of nitrogens with one attached hydrogen (secondary N) is 1. The fourth-order valence-electron chi connectivity index (χ4n) is 1.17. The summed E-state index contributed by atoms with van der Waals surface area (Å²) in [4.78, 5) is 2.07. The highest BCUT2D eigenvalue weighted by Crippen LogP contribution is 1.90. The summed E-state index contributed by atoms with van der Waals surface area (Å²) in [5.41, 5.74) is 0. The predicted molar refractivity (Wildman–Crippen MR) is 60.1 cm³/mol. The van der Waals surface area contributed by atoms with E-state index in [-0.39, 0.29) is 0 Å². The first-order chi connectivity index (χ1) is 7.20. The third-order valence-corrected chi connectivity index (χ3v) is 2.01. The number of rotatable bonds is 10. The minimum absolute atomic E-state index is 0.368. The third kappa shape index (κ3) is 10.1. The molecule has 0 radical (unpaired) electrons. The van der Waals surface area contributed by atoms with Crippen LogP contribution in [0.25, 0.3) is 0 Å². The van der Waals surface area contributed by atoms with Gasteiger partial charge in [-0.15, -0.1) is 0 Å². The van der Waals surface area contributed by atoms with Crippen molar-refractivity contribution in [3.05, 3.63) is 0 Å². The van der Waals surface area contributed by atoms with Crippen molar-refractivity contribution in [3.8, 4) is 0 Å². The molecule has 0 bridgehead atoms. The van der Waals surface area contributed by atoms with Gasteiger partial charge in [0.15, 0.2) is 0 Å². The smallest absolute Gasteiger partial charge is 0.0900 e. The number of methoxy groups -OCH3 is 1. The third-order valence-electron chi connectivity index (χ3n) is 2.01. The van der Waals surface area contributed by atoms with Crippen molar-refractivity contribution in [1.29, 1.82) is 0 Å². The topological polar surface area (TPSA) is 54.0 Å². The van der Waals surface area contributed by atoms with E-state index < -0.39 is 6.10 Å². The molecule has 92 valence electrons. The fourth-order valence-corrected chi connectivity index (χ4v) is 1.17. The highest BCUT2D eigenvalue weighted by molar-refractivity contribution is 4.61. The van der Waals surface area contributed by atoms with Crippen LogP contribution in [0.4, 0.5) is 0 Å². The first kappa shape index (κ1) is 14.8. The molecule has 5 heteroatoms. The maximum atomic E-state index is 9.59. The molecule has 0 aromatic rings. The summed E-state index contributed by atoms with van der Waals surface area (Å²) in [7, 11) is 5.53. The van der Waals surface area contributed by atoms with E-state index in [1.54, 1.807) is 7.11 Å². The lowest BCUT2D eigenvalue weighted by Gasteiger charge is -2.20. The van der Waals surface area contributed by atoms with Crippen LogP contribution in [-0.2, 0) is 9.47 Å². The van der Waals surface area contributed by atoms with E-state index in [1.807, 2.05) is 14.1 Å². The Morgan fingerprint density at radius 1 is 1.40 bits per heavy atom. The minimum atomic E-state index is -0.427. The van der Waals surface area contributed by atoms with Crippen molar-refractivity contribution in [2.24, 2.45) is 0 Å². The molecule has 0 spiro atoms. The van der Waals surface area contributed by atoms with E-state index in [4.69, 9.17) is 9.47 Å². The molecule has 15 heavy (non-hydrogen) atoms. The molecule has 0 aliphatic heterocycles. The molecule has 5 nitrogen and oxygen atoms in total. The van der Waals surface area contributed by atoms with Crippen molar-refractivity contribution in [3.63, 3.8) is 0 Å². The van der Waals surface area contributed by atoms with E-state index in [0.29, 0.717) is 26.4 Å². The van der Waals surface area contributed by atoms with Crippen LogP contribution in [0, 0.1) is 0 Å². The minimum Gasteiger partial charge on any atom is -0.389 e. The Labute approximate surface area is 92.4 Å². The van der Waals surface area contributed by atoms with E-state index in [1.165, 1.54) is 0 Å². The molecule has 2 N–H and O–H groups in total. The average molecular weight is 220 g/mol. The Bertz CT molecular complexity index is 136. The van der Waals surface area contributed by atoms with Gasteiger partial charge in [-0.1, -0.05) is 0 Å². The van der Waals surface area contributed by atoms with E-state index >= 15 is 0 Å². The van der Waals surface area contributed by atoms with Crippen molar-refractivity contribution < 1.29 is 14.6 Å². The van der Waals surface area contributed by atoms with Gasteiger partial charge in [-0.2, -0.15) is 0 Å². The molecule has 0 aromatic heterocycles. The summed E-state index contributed by atoms with van der Waals surface area (Å²) in [6.07, 6.45) is -0.427. The number of nitrogens with zero attached hydrogens (tertiary/aromatic N) is 1. The first-order valence-electron chi connectivity index (χ1n) is 5.28. The summed E-state index contributed by atoms with van der Waals surface area (Å²) < 4.78 is 10.1. The second-order valence-electron chi connectivity index (χ2n) is 3.59. The van der Waals surface area contributed by atoms with Crippen LogP contribution in [0.3, 0.4) is 0 Å². The number of hydrogen-bond donors (Lipinski definition) is 2. The van der Waals surface area contributed by atoms with Crippen LogP contribution in [0.5, 0.6) is 0 Å². The summed E-state index contributed by atoms with van der Waals surface area (Å²) in [6.45, 7) is 3.96. The van der Waals surface area contributed by atoms with Crippen LogP contribution in [-0.4, -0.2) is 76.8 Å². The first-order valence-corrected chi connectivity index (χ1v) is 5.28. The van der Waals surface area contributed by atoms with Gasteiger partial charge in [0.05, 0.1) is 25.9 Å². The zero-order chi connectivity index (χ0) is 11.5. The van der Waals surface area contributed by atoms with Gasteiger partial charge in [0.25, 0.3) is 0 Å². The van der Waals surface area contributed by atoms with Crippen LogP contribution >= 0.6 is 0 Å². The molecule has 0 aliphatic rings. The molecule has 0 aliphatic carbocycles. The number of hydrogen-bond acceptors (Lipinski definition) is 5. The van der Waals surface area contributed by atoms with E-state index in [2.05, 4.69) is 10.2 Å². The monoisotopic (exact) mass is 220 g/mol. The summed E-state index contributed by atoms with van der Waals surface area (Å²) in [5, 5.41) is 12.7. The molecule has 1 unspecified atom stereocenters. The Morgan fingerprint density at radius 2 is 2.13 bits per heavy atom. The standard InChI is InChI=1S/C10H24N2O3/c1-11-4-5-12(2)8-10(13)9-15-7-6-14-3/h10-11,13H,4-9H2,1-3H3. The van der Waals surface area contributed by atoms with Crippen LogP contribution in [0.15, 0.2) is 0 Å². The predicted octanol–water partition coefficient (Wildman–Crippen LogP) is -0.838. The van der Waals surface area contributed by atoms with Gasteiger partial charge in [0, 0.05) is 26.7 Å². The van der Waals surface area contributed by atoms with E-state index in [0.717, 1.165) is 13.1 Å². The lowest BCUT2D eigenvalue weighted by Crippen LogP contribution is -2.36. The molecule has 0 fully saturated rings. The van der Waals surface area contributed by atoms with Gasteiger partial charge < -0.3 is 24.8 Å². The van der Waals surface area contributed by atoms with Gasteiger partial charge in [0.2, 0.25) is 0 Å². The number of aliphatic hydroxyl groups excluding tert-OH is 1. The van der Waals surface area contributed by atoms with Crippen LogP contribution in [0.1, 0.15) is 0 Å². The van der Waals surface area contributed by atoms with Gasteiger partial charge in [-0.25, -0.2) is 0 Å². The lowest BCUT2D eigenvalue weighted by atomic mass is 10.3. The maximum absolute atomic E-state index is 9.59. The number of likely N-dealkylation sites (N-methyl/N-ethyl adjacent to an activating group) is 2. The molecule has 0 rings (SSSR count). The summed E-state index contributed by atoms with van der Waals surface area (Å²) in [6, 6.07) is 0. The lowest BCUT2D eigenvalue weighted by molar-refractivity contribution is 0.00256. The Balaban J connectivity index is 3.33. The van der Waals surface area contributed by atoms with Gasteiger partial charge in [0.1, 0.15) is 0 Å². The van der Waals surface area contributed by atoms with Crippen LogP contribution in [0.2, 0.25) is 0 Å². The zero-order valence-electron chi connectivity index (χ0n) is 10.0. The number of ether oxygens (including phenoxy) is 2.